The summed E-state index contributed by atoms with van der Waals surface area (Å²) >= 11 is 0. The molecular formula is C63H43N3O3. The molecule has 14 rings (SSSR count). The largest absolute Gasteiger partial charge is 0.456 e. The summed E-state index contributed by atoms with van der Waals surface area (Å²) in [6.07, 6.45) is 0.849. The van der Waals surface area contributed by atoms with Crippen LogP contribution in [-0.4, -0.2) is 16.1 Å². The molecule has 1 unspecified atom stereocenters. The van der Waals surface area contributed by atoms with Gasteiger partial charge in [-0.2, -0.15) is 0 Å². The van der Waals surface area contributed by atoms with Gasteiger partial charge in [0.05, 0.1) is 34.4 Å². The quantitative estimate of drug-likeness (QED) is 0.118. The summed E-state index contributed by atoms with van der Waals surface area (Å²) in [5.41, 5.74) is 12.1. The summed E-state index contributed by atoms with van der Waals surface area (Å²) in [6.45, 7) is 4.87. The van der Waals surface area contributed by atoms with Gasteiger partial charge in [0.15, 0.2) is 5.84 Å². The molecule has 0 amide bonds. The van der Waals surface area contributed by atoms with Crippen LogP contribution in [-0.2, 0) is 6.54 Å². The maximum atomic E-state index is 7.12. The van der Waals surface area contributed by atoms with E-state index >= 15 is 0 Å². The van der Waals surface area contributed by atoms with E-state index < -0.39 is 0 Å². The van der Waals surface area contributed by atoms with E-state index in [1.165, 1.54) is 32.3 Å². The van der Waals surface area contributed by atoms with E-state index in [4.69, 9.17) is 23.2 Å². The number of fused-ring (bicyclic) bond motifs is 15. The second-order valence-electron chi connectivity index (χ2n) is 18.3. The van der Waals surface area contributed by atoms with Gasteiger partial charge in [0.25, 0.3) is 0 Å². The molecule has 0 saturated carbocycles. The van der Waals surface area contributed by atoms with Gasteiger partial charge in [-0.05, 0) is 100 Å². The molecule has 0 N–H and O–H groups in total. The molecule has 0 fully saturated rings. The number of nitrogens with zero attached hydrogens (tertiary/aromatic N) is 3. The van der Waals surface area contributed by atoms with Crippen molar-refractivity contribution in [2.75, 3.05) is 0 Å². The van der Waals surface area contributed by atoms with Crippen LogP contribution in [0.25, 0.3) is 115 Å². The highest BCUT2D eigenvalue weighted by atomic mass is 16.3. The second kappa shape index (κ2) is 15.4. The third-order valence-electron chi connectivity index (χ3n) is 14.4. The molecular weight excluding hydrogens is 847 g/mol. The third kappa shape index (κ3) is 6.05. The molecule has 0 bridgehead atoms. The Morgan fingerprint density at radius 3 is 1.80 bits per heavy atom. The lowest BCUT2D eigenvalue weighted by Gasteiger charge is -2.17. The average molecular weight is 890 g/mol. The Bertz CT molecular complexity index is 4480. The fourth-order valence-electron chi connectivity index (χ4n) is 11.0. The van der Waals surface area contributed by atoms with Gasteiger partial charge >= 0.3 is 0 Å². The molecule has 0 aliphatic carbocycles. The molecule has 1 atom stereocenters. The van der Waals surface area contributed by atoms with Crippen molar-refractivity contribution >= 4 is 121 Å². The van der Waals surface area contributed by atoms with E-state index in [1.54, 1.807) is 0 Å². The van der Waals surface area contributed by atoms with Crippen LogP contribution >= 0.6 is 0 Å². The van der Waals surface area contributed by atoms with Gasteiger partial charge in [0.2, 0.25) is 0 Å². The molecule has 4 aromatic heterocycles. The maximum absolute atomic E-state index is 7.12. The van der Waals surface area contributed by atoms with E-state index in [0.717, 1.165) is 111 Å². The van der Waals surface area contributed by atoms with Crippen LogP contribution in [0.5, 0.6) is 0 Å². The minimum Gasteiger partial charge on any atom is -0.456 e. The van der Waals surface area contributed by atoms with Crippen molar-refractivity contribution in [2.45, 2.75) is 26.8 Å². The Morgan fingerprint density at radius 1 is 0.464 bits per heavy atom. The number of aromatic nitrogens is 1. The topological polar surface area (TPSA) is 69.1 Å². The Kier molecular flexibility index (Phi) is 8.80. The number of hydrogen-bond donors (Lipinski definition) is 0. The lowest BCUT2D eigenvalue weighted by molar-refractivity contribution is 0.665. The maximum Gasteiger partial charge on any atom is 0.155 e. The first-order valence-electron chi connectivity index (χ1n) is 23.8. The van der Waals surface area contributed by atoms with Crippen LogP contribution in [0.15, 0.2) is 217 Å². The summed E-state index contributed by atoms with van der Waals surface area (Å²) in [5.74, 6) is 0.659. The van der Waals surface area contributed by atoms with E-state index in [1.807, 2.05) is 42.5 Å². The lowest BCUT2D eigenvalue weighted by atomic mass is 9.93. The molecule has 69 heavy (non-hydrogen) atoms. The third-order valence-corrected chi connectivity index (χ3v) is 14.4. The Balaban J connectivity index is 1.04. The van der Waals surface area contributed by atoms with Crippen LogP contribution in [0.2, 0.25) is 0 Å². The van der Waals surface area contributed by atoms with Crippen LogP contribution in [0, 0.1) is 5.92 Å². The summed E-state index contributed by atoms with van der Waals surface area (Å²) in [7, 11) is 0. The van der Waals surface area contributed by atoms with Crippen molar-refractivity contribution in [2.24, 2.45) is 15.9 Å². The van der Waals surface area contributed by atoms with E-state index in [-0.39, 0.29) is 5.92 Å². The van der Waals surface area contributed by atoms with E-state index in [2.05, 4.69) is 170 Å². The van der Waals surface area contributed by atoms with Gasteiger partial charge in [-0.3, -0.25) is 4.99 Å². The average Bonchev–Trinajstić information content (AvgIpc) is 4.17. The SMILES string of the molecule is CCC(C)/C(=N\C(=N/Cc1cccc2oc3ccccc3c12)c1cccc2oc3ccccc3c12)c1ccc(-n2c3cc4ccccc4cc3c3c4ccccc4ccc32)c2c1oc1ccccc12. The molecule has 14 aromatic rings. The number of benzene rings is 10. The first-order chi connectivity index (χ1) is 34.1. The number of hydrogen-bond acceptors (Lipinski definition) is 4. The minimum absolute atomic E-state index is 0.0324. The molecule has 0 saturated heterocycles. The number of aliphatic imine (C=N–C) groups is 2. The van der Waals surface area contributed by atoms with Gasteiger partial charge < -0.3 is 17.8 Å². The molecule has 328 valence electrons. The highest BCUT2D eigenvalue weighted by Crippen LogP contribution is 2.44. The first-order valence-corrected chi connectivity index (χ1v) is 23.8. The van der Waals surface area contributed by atoms with Gasteiger partial charge in [-0.1, -0.05) is 147 Å². The standard InChI is InChI=1S/C63H43N3O3/c1-3-37(2)61(65-63(46-24-15-29-56-59(46)44-22-9-12-26-53(44)68-56)64-36-41-19-14-28-55-57(41)43-21-8-11-25-52(43)67-55)47-31-33-50(60-45-23-10-13-27-54(45)69-62(47)60)66-49-32-30-38-16-6-7-20-42(38)58(49)48-34-39-17-4-5-18-40(39)35-51(48)66/h4-35,37H,3,36H2,1-2H3/b64-63-,65-61+. The minimum atomic E-state index is 0.0324. The Morgan fingerprint density at radius 2 is 1.06 bits per heavy atom. The number of amidine groups is 1. The molecule has 6 nitrogen and oxygen atoms in total. The van der Waals surface area contributed by atoms with Gasteiger partial charge in [-0.15, -0.1) is 0 Å². The van der Waals surface area contributed by atoms with Crippen LogP contribution in [0.4, 0.5) is 0 Å². The van der Waals surface area contributed by atoms with Crippen LogP contribution < -0.4 is 0 Å². The van der Waals surface area contributed by atoms with Crippen molar-refractivity contribution in [1.29, 1.82) is 0 Å². The molecule has 0 spiro atoms. The van der Waals surface area contributed by atoms with Crippen LogP contribution in [0.3, 0.4) is 0 Å². The van der Waals surface area contributed by atoms with Crippen molar-refractivity contribution in [3.05, 3.63) is 211 Å². The second-order valence-corrected chi connectivity index (χ2v) is 18.3. The predicted molar refractivity (Wildman–Crippen MR) is 287 cm³/mol. The summed E-state index contributed by atoms with van der Waals surface area (Å²) < 4.78 is 22.4. The van der Waals surface area contributed by atoms with Crippen LogP contribution in [0.1, 0.15) is 37.0 Å². The zero-order valence-electron chi connectivity index (χ0n) is 38.0. The normalized spacial score (nSPS) is 13.3. The first kappa shape index (κ1) is 39.4. The number of rotatable bonds is 7. The van der Waals surface area contributed by atoms with E-state index in [0.29, 0.717) is 12.4 Å². The highest BCUT2D eigenvalue weighted by molar-refractivity contribution is 6.27. The van der Waals surface area contributed by atoms with Crippen molar-refractivity contribution in [3.63, 3.8) is 0 Å². The Labute approximate surface area is 396 Å². The zero-order valence-corrected chi connectivity index (χ0v) is 38.0. The molecule has 4 heterocycles. The van der Waals surface area contributed by atoms with Crippen molar-refractivity contribution < 1.29 is 13.3 Å². The van der Waals surface area contributed by atoms with Crippen molar-refractivity contribution in [1.82, 2.24) is 4.57 Å². The summed E-state index contributed by atoms with van der Waals surface area (Å²) in [6, 6.07) is 68.5. The molecule has 0 radical (unpaired) electrons. The number of furan rings is 3. The lowest BCUT2D eigenvalue weighted by Crippen LogP contribution is -2.16. The molecule has 6 heteroatoms. The van der Waals surface area contributed by atoms with Gasteiger partial charge in [0, 0.05) is 48.8 Å². The van der Waals surface area contributed by atoms with Gasteiger partial charge in [0.1, 0.15) is 33.5 Å². The summed E-state index contributed by atoms with van der Waals surface area (Å²) in [5, 5.41) is 13.6. The molecule has 0 aliphatic heterocycles. The monoisotopic (exact) mass is 889 g/mol. The van der Waals surface area contributed by atoms with Crippen molar-refractivity contribution in [3.8, 4) is 5.69 Å². The Hall–Kier alpha value is -8.74. The zero-order chi connectivity index (χ0) is 45.7. The predicted octanol–water partition coefficient (Wildman–Crippen LogP) is 17.3. The van der Waals surface area contributed by atoms with Gasteiger partial charge in [-0.25, -0.2) is 4.99 Å². The number of para-hydroxylation sites is 3. The molecule has 0 aliphatic rings. The fourth-order valence-corrected chi connectivity index (χ4v) is 11.0. The smallest absolute Gasteiger partial charge is 0.155 e. The summed E-state index contributed by atoms with van der Waals surface area (Å²) in [4.78, 5) is 11.3. The van der Waals surface area contributed by atoms with E-state index in [9.17, 15) is 0 Å². The molecule has 10 aromatic carbocycles. The fraction of sp³-hybridized carbons (Fsp3) is 0.0794. The highest BCUT2D eigenvalue weighted by Gasteiger charge is 2.26.